The highest BCUT2D eigenvalue weighted by Crippen LogP contribution is 2.24. The van der Waals surface area contributed by atoms with Crippen LogP contribution in [0.3, 0.4) is 0 Å². The number of nitro benzene ring substituents is 1. The first-order chi connectivity index (χ1) is 9.61. The van der Waals surface area contributed by atoms with Crippen LogP contribution in [-0.4, -0.2) is 32.4 Å². The number of nitro groups is 1. The first-order valence-corrected chi connectivity index (χ1v) is 7.50. The van der Waals surface area contributed by atoms with Crippen LogP contribution < -0.4 is 5.32 Å². The van der Waals surface area contributed by atoms with Crippen LogP contribution in [0.25, 0.3) is 10.9 Å². The van der Waals surface area contributed by atoms with Gasteiger partial charge in [-0.1, -0.05) is 6.92 Å². The van der Waals surface area contributed by atoms with Crippen LogP contribution in [0.4, 0.5) is 11.5 Å². The zero-order valence-corrected chi connectivity index (χ0v) is 12.2. The van der Waals surface area contributed by atoms with Crippen LogP contribution in [0.5, 0.6) is 0 Å². The van der Waals surface area contributed by atoms with Crippen molar-refractivity contribution in [3.8, 4) is 0 Å². The monoisotopic (exact) mass is 292 g/mol. The standard InChI is InChI=1S/C13H16N4O2S/c1-3-20-7-9(2)16-13-11-6-10(17(18)19)4-5-12(11)14-8-15-13/h4-6,8-9H,3,7H2,1-2H3,(H,14,15,16). The summed E-state index contributed by atoms with van der Waals surface area (Å²) in [6, 6.07) is 4.84. The minimum atomic E-state index is -0.410. The molecule has 0 bridgehead atoms. The fraction of sp³-hybridized carbons (Fsp3) is 0.385. The molecule has 1 N–H and O–H groups in total. The van der Waals surface area contributed by atoms with Gasteiger partial charge in [0, 0.05) is 29.3 Å². The Morgan fingerprint density at radius 2 is 2.25 bits per heavy atom. The topological polar surface area (TPSA) is 81.0 Å². The molecule has 7 heteroatoms. The molecule has 0 amide bonds. The van der Waals surface area contributed by atoms with Crippen LogP contribution in [0.2, 0.25) is 0 Å². The first kappa shape index (κ1) is 14.5. The largest absolute Gasteiger partial charge is 0.366 e. The van der Waals surface area contributed by atoms with Gasteiger partial charge in [-0.3, -0.25) is 10.1 Å². The van der Waals surface area contributed by atoms with Gasteiger partial charge in [-0.05, 0) is 18.7 Å². The van der Waals surface area contributed by atoms with E-state index in [1.54, 1.807) is 6.07 Å². The Morgan fingerprint density at radius 3 is 2.95 bits per heavy atom. The second-order valence-corrected chi connectivity index (χ2v) is 5.70. The lowest BCUT2D eigenvalue weighted by Gasteiger charge is -2.14. The van der Waals surface area contributed by atoms with Gasteiger partial charge in [0.1, 0.15) is 12.1 Å². The van der Waals surface area contributed by atoms with Gasteiger partial charge >= 0.3 is 0 Å². The van der Waals surface area contributed by atoms with E-state index in [4.69, 9.17) is 0 Å². The third-order valence-corrected chi connectivity index (χ3v) is 3.93. The van der Waals surface area contributed by atoms with Gasteiger partial charge in [-0.25, -0.2) is 9.97 Å². The third-order valence-electron chi connectivity index (χ3n) is 2.78. The highest BCUT2D eigenvalue weighted by atomic mass is 32.2. The maximum absolute atomic E-state index is 10.9. The molecule has 0 aliphatic heterocycles. The van der Waals surface area contributed by atoms with Crippen molar-refractivity contribution in [1.82, 2.24) is 9.97 Å². The SMILES string of the molecule is CCSCC(C)Nc1ncnc2ccc([N+](=O)[O-])cc12. The van der Waals surface area contributed by atoms with E-state index < -0.39 is 4.92 Å². The molecule has 0 radical (unpaired) electrons. The Balaban J connectivity index is 2.32. The van der Waals surface area contributed by atoms with Crippen molar-refractivity contribution < 1.29 is 4.92 Å². The molecule has 1 unspecified atom stereocenters. The zero-order chi connectivity index (χ0) is 14.5. The summed E-state index contributed by atoms with van der Waals surface area (Å²) in [4.78, 5) is 18.8. The average molecular weight is 292 g/mol. The molecule has 0 fully saturated rings. The number of anilines is 1. The number of nitrogens with one attached hydrogen (secondary N) is 1. The summed E-state index contributed by atoms with van der Waals surface area (Å²) >= 11 is 1.83. The molecule has 0 aliphatic carbocycles. The lowest BCUT2D eigenvalue weighted by atomic mass is 10.2. The normalized spacial score (nSPS) is 12.3. The highest BCUT2D eigenvalue weighted by Gasteiger charge is 2.12. The summed E-state index contributed by atoms with van der Waals surface area (Å²) in [6.45, 7) is 4.18. The molecule has 1 atom stereocenters. The van der Waals surface area contributed by atoms with E-state index in [-0.39, 0.29) is 11.7 Å². The van der Waals surface area contributed by atoms with Gasteiger partial charge < -0.3 is 5.32 Å². The van der Waals surface area contributed by atoms with Crippen molar-refractivity contribution in [3.63, 3.8) is 0 Å². The van der Waals surface area contributed by atoms with Crippen LogP contribution in [0.15, 0.2) is 24.5 Å². The molecule has 20 heavy (non-hydrogen) atoms. The molecule has 1 aromatic carbocycles. The molecule has 6 nitrogen and oxygen atoms in total. The van der Waals surface area contributed by atoms with Gasteiger partial charge in [0.15, 0.2) is 0 Å². The predicted molar refractivity (Wildman–Crippen MR) is 82.3 cm³/mol. The molecular weight excluding hydrogens is 276 g/mol. The number of nitrogens with zero attached hydrogens (tertiary/aromatic N) is 3. The molecule has 1 aromatic heterocycles. The summed E-state index contributed by atoms with van der Waals surface area (Å²) in [6.07, 6.45) is 1.47. The van der Waals surface area contributed by atoms with Crippen molar-refractivity contribution in [1.29, 1.82) is 0 Å². The van der Waals surface area contributed by atoms with Gasteiger partial charge in [0.2, 0.25) is 0 Å². The maximum Gasteiger partial charge on any atom is 0.270 e. The Bertz CT molecular complexity index is 620. The quantitative estimate of drug-likeness (QED) is 0.651. The van der Waals surface area contributed by atoms with E-state index in [0.717, 1.165) is 11.5 Å². The van der Waals surface area contributed by atoms with Gasteiger partial charge in [0.25, 0.3) is 5.69 Å². The maximum atomic E-state index is 10.9. The van der Waals surface area contributed by atoms with E-state index in [2.05, 4.69) is 29.1 Å². The van der Waals surface area contributed by atoms with E-state index in [1.165, 1.54) is 18.5 Å². The lowest BCUT2D eigenvalue weighted by molar-refractivity contribution is -0.384. The van der Waals surface area contributed by atoms with Crippen molar-refractivity contribution in [2.45, 2.75) is 19.9 Å². The first-order valence-electron chi connectivity index (χ1n) is 6.35. The van der Waals surface area contributed by atoms with E-state index >= 15 is 0 Å². The fourth-order valence-corrected chi connectivity index (χ4v) is 2.52. The second kappa shape index (κ2) is 6.51. The third kappa shape index (κ3) is 3.36. The van der Waals surface area contributed by atoms with Crippen molar-refractivity contribution in [2.75, 3.05) is 16.8 Å². The molecule has 0 saturated carbocycles. The highest BCUT2D eigenvalue weighted by molar-refractivity contribution is 7.99. The Hall–Kier alpha value is -1.89. The Labute approximate surface area is 121 Å². The Morgan fingerprint density at radius 1 is 1.45 bits per heavy atom. The number of hydrogen-bond donors (Lipinski definition) is 1. The molecule has 0 saturated heterocycles. The molecule has 2 rings (SSSR count). The number of rotatable bonds is 6. The number of thioether (sulfide) groups is 1. The number of aromatic nitrogens is 2. The van der Waals surface area contributed by atoms with Gasteiger partial charge in [-0.2, -0.15) is 11.8 Å². The predicted octanol–water partition coefficient (Wildman–Crippen LogP) is 3.09. The number of non-ortho nitro benzene ring substituents is 1. The average Bonchev–Trinajstić information content (AvgIpc) is 2.45. The zero-order valence-electron chi connectivity index (χ0n) is 11.4. The minimum Gasteiger partial charge on any atom is -0.366 e. The summed E-state index contributed by atoms with van der Waals surface area (Å²) in [5.74, 6) is 2.65. The van der Waals surface area contributed by atoms with Crippen LogP contribution in [0.1, 0.15) is 13.8 Å². The van der Waals surface area contributed by atoms with Gasteiger partial charge in [0.05, 0.1) is 10.4 Å². The van der Waals surface area contributed by atoms with E-state index in [1.807, 2.05) is 11.8 Å². The van der Waals surface area contributed by atoms with E-state index in [9.17, 15) is 10.1 Å². The van der Waals surface area contributed by atoms with Crippen molar-refractivity contribution in [2.24, 2.45) is 0 Å². The number of fused-ring (bicyclic) bond motifs is 1. The molecular formula is C13H16N4O2S. The number of benzene rings is 1. The molecule has 1 heterocycles. The summed E-state index contributed by atoms with van der Waals surface area (Å²) in [7, 11) is 0. The van der Waals surface area contributed by atoms with Crippen LogP contribution in [-0.2, 0) is 0 Å². The molecule has 0 aliphatic rings. The van der Waals surface area contributed by atoms with Crippen LogP contribution >= 0.6 is 11.8 Å². The summed E-state index contributed by atoms with van der Waals surface area (Å²) < 4.78 is 0. The van der Waals surface area contributed by atoms with E-state index in [0.29, 0.717) is 16.7 Å². The van der Waals surface area contributed by atoms with Crippen molar-refractivity contribution >= 4 is 34.2 Å². The molecule has 0 spiro atoms. The number of hydrogen-bond acceptors (Lipinski definition) is 6. The smallest absolute Gasteiger partial charge is 0.270 e. The second-order valence-electron chi connectivity index (χ2n) is 4.39. The molecule has 2 aromatic rings. The summed E-state index contributed by atoms with van der Waals surface area (Å²) in [5.41, 5.74) is 0.745. The van der Waals surface area contributed by atoms with Crippen LogP contribution in [0, 0.1) is 10.1 Å². The minimum absolute atomic E-state index is 0.0472. The lowest BCUT2D eigenvalue weighted by Crippen LogP contribution is -2.19. The van der Waals surface area contributed by atoms with Crippen molar-refractivity contribution in [3.05, 3.63) is 34.6 Å². The Kier molecular flexibility index (Phi) is 4.73. The summed E-state index contributed by atoms with van der Waals surface area (Å²) in [5, 5.41) is 14.8. The molecule has 106 valence electrons. The fourth-order valence-electron chi connectivity index (χ4n) is 1.84. The van der Waals surface area contributed by atoms with Gasteiger partial charge in [-0.15, -0.1) is 0 Å².